The van der Waals surface area contributed by atoms with Crippen LogP contribution < -0.4 is 19.1 Å². The summed E-state index contributed by atoms with van der Waals surface area (Å²) in [4.78, 5) is 13.3. The third-order valence-corrected chi connectivity index (χ3v) is 7.75. The number of carbonyl (C=O) groups is 1. The highest BCUT2D eigenvalue weighted by molar-refractivity contribution is 7.92. The maximum Gasteiger partial charge on any atom is 0.264 e. The van der Waals surface area contributed by atoms with Crippen LogP contribution in [0.15, 0.2) is 108 Å². The van der Waals surface area contributed by atoms with E-state index in [4.69, 9.17) is 9.47 Å². The zero-order valence-electron chi connectivity index (χ0n) is 21.3. The number of hydrogen-bond donors (Lipinski definition) is 1. The number of sulfonamides is 1. The number of anilines is 1. The average molecular weight is 531 g/mol. The molecule has 0 heterocycles. The predicted octanol–water partition coefficient (Wildman–Crippen LogP) is 5.21. The second kappa shape index (κ2) is 12.3. The van der Waals surface area contributed by atoms with Crippen LogP contribution in [0.25, 0.3) is 0 Å². The van der Waals surface area contributed by atoms with Crippen LogP contribution in [0.1, 0.15) is 21.5 Å². The molecule has 0 bridgehead atoms. The number of rotatable bonds is 11. The fourth-order valence-electron chi connectivity index (χ4n) is 3.95. The van der Waals surface area contributed by atoms with Crippen LogP contribution in [0.5, 0.6) is 11.5 Å². The van der Waals surface area contributed by atoms with E-state index in [1.54, 1.807) is 36.4 Å². The van der Waals surface area contributed by atoms with Crippen LogP contribution >= 0.6 is 0 Å². The van der Waals surface area contributed by atoms with Crippen molar-refractivity contribution in [3.63, 3.8) is 0 Å². The minimum atomic E-state index is -4.03. The monoisotopic (exact) mass is 530 g/mol. The lowest BCUT2D eigenvalue weighted by Crippen LogP contribution is -2.34. The maximum absolute atomic E-state index is 13.9. The van der Waals surface area contributed by atoms with Crippen molar-refractivity contribution in [1.82, 2.24) is 5.32 Å². The number of carbonyl (C=O) groups excluding carboxylic acids is 1. The molecule has 0 unspecified atom stereocenters. The largest absolute Gasteiger partial charge is 0.497 e. The Bertz CT molecular complexity index is 1470. The van der Waals surface area contributed by atoms with Crippen molar-refractivity contribution in [3.05, 3.63) is 120 Å². The minimum absolute atomic E-state index is 0.0515. The lowest BCUT2D eigenvalue weighted by molar-refractivity contribution is 0.0947. The van der Waals surface area contributed by atoms with Gasteiger partial charge in [0.1, 0.15) is 18.1 Å². The Labute approximate surface area is 223 Å². The van der Waals surface area contributed by atoms with Gasteiger partial charge in [-0.05, 0) is 60.5 Å². The summed E-state index contributed by atoms with van der Waals surface area (Å²) in [6, 6.07) is 29.8. The highest BCUT2D eigenvalue weighted by atomic mass is 32.2. The molecule has 8 heteroatoms. The molecule has 0 saturated carbocycles. The highest BCUT2D eigenvalue weighted by Gasteiger charge is 2.28. The Morgan fingerprint density at radius 2 is 1.50 bits per heavy atom. The maximum atomic E-state index is 13.9. The van der Waals surface area contributed by atoms with E-state index in [9.17, 15) is 13.2 Å². The van der Waals surface area contributed by atoms with Gasteiger partial charge in [-0.25, -0.2) is 8.42 Å². The minimum Gasteiger partial charge on any atom is -0.497 e. The third-order valence-electron chi connectivity index (χ3n) is 5.97. The van der Waals surface area contributed by atoms with E-state index in [1.807, 2.05) is 61.5 Å². The smallest absolute Gasteiger partial charge is 0.264 e. The molecule has 4 rings (SSSR count). The number of benzene rings is 4. The predicted molar refractivity (Wildman–Crippen MR) is 148 cm³/mol. The van der Waals surface area contributed by atoms with E-state index >= 15 is 0 Å². The Morgan fingerprint density at radius 1 is 0.842 bits per heavy atom. The summed E-state index contributed by atoms with van der Waals surface area (Å²) >= 11 is 0. The van der Waals surface area contributed by atoms with E-state index in [0.29, 0.717) is 5.75 Å². The third kappa shape index (κ3) is 6.33. The number of methoxy groups -OCH3 is 1. The normalized spacial score (nSPS) is 11.0. The second-order valence-electron chi connectivity index (χ2n) is 8.56. The van der Waals surface area contributed by atoms with E-state index in [1.165, 1.54) is 23.5 Å². The fourth-order valence-corrected chi connectivity index (χ4v) is 5.42. The van der Waals surface area contributed by atoms with Gasteiger partial charge in [0.2, 0.25) is 0 Å². The Balaban J connectivity index is 1.60. The standard InChI is InChI=1S/C30H30N2O5S/c1-23-10-6-9-15-29(23)37-21-20-31-30(33)27-13-7-8-14-28(27)32(22-24-11-4-3-5-12-24)38(34,35)26-18-16-25(36-2)17-19-26/h3-19H,20-22H2,1-2H3,(H,31,33). The van der Waals surface area contributed by atoms with Gasteiger partial charge in [-0.2, -0.15) is 0 Å². The van der Waals surface area contributed by atoms with Gasteiger partial charge < -0.3 is 14.8 Å². The first-order valence-corrected chi connectivity index (χ1v) is 13.6. The van der Waals surface area contributed by atoms with Gasteiger partial charge >= 0.3 is 0 Å². The Morgan fingerprint density at radius 3 is 2.21 bits per heavy atom. The van der Waals surface area contributed by atoms with Crippen LogP contribution in [0.2, 0.25) is 0 Å². The van der Waals surface area contributed by atoms with Gasteiger partial charge in [-0.15, -0.1) is 0 Å². The van der Waals surface area contributed by atoms with Crippen molar-refractivity contribution in [2.45, 2.75) is 18.4 Å². The zero-order chi connectivity index (χ0) is 27.0. The van der Waals surface area contributed by atoms with Crippen molar-refractivity contribution in [2.75, 3.05) is 24.6 Å². The topological polar surface area (TPSA) is 84.9 Å². The Kier molecular flexibility index (Phi) is 8.66. The first kappa shape index (κ1) is 26.8. The zero-order valence-corrected chi connectivity index (χ0v) is 22.1. The number of nitrogens with one attached hydrogen (secondary N) is 1. The van der Waals surface area contributed by atoms with Gasteiger partial charge in [0.05, 0.1) is 36.3 Å². The van der Waals surface area contributed by atoms with Crippen molar-refractivity contribution < 1.29 is 22.7 Å². The van der Waals surface area contributed by atoms with E-state index in [-0.39, 0.29) is 35.8 Å². The summed E-state index contributed by atoms with van der Waals surface area (Å²) in [5.74, 6) is 0.907. The molecule has 4 aromatic carbocycles. The van der Waals surface area contributed by atoms with Gasteiger partial charge in [-0.3, -0.25) is 9.10 Å². The number of hydrogen-bond acceptors (Lipinski definition) is 5. The van der Waals surface area contributed by atoms with Crippen molar-refractivity contribution in [1.29, 1.82) is 0 Å². The van der Waals surface area contributed by atoms with Gasteiger partial charge in [-0.1, -0.05) is 60.7 Å². The summed E-state index contributed by atoms with van der Waals surface area (Å²) in [5.41, 5.74) is 2.32. The molecule has 0 aromatic heterocycles. The van der Waals surface area contributed by atoms with Crippen molar-refractivity contribution in [2.24, 2.45) is 0 Å². The first-order chi connectivity index (χ1) is 18.4. The molecule has 0 fully saturated rings. The molecule has 0 aliphatic carbocycles. The number of ether oxygens (including phenoxy) is 2. The van der Waals surface area contributed by atoms with Crippen molar-refractivity contribution >= 4 is 21.6 Å². The summed E-state index contributed by atoms with van der Waals surface area (Å²) in [6.45, 7) is 2.53. The fraction of sp³-hybridized carbons (Fsp3) is 0.167. The molecule has 1 N–H and O–H groups in total. The van der Waals surface area contributed by atoms with Crippen LogP contribution in [-0.4, -0.2) is 34.6 Å². The Hall–Kier alpha value is -4.30. The molecule has 38 heavy (non-hydrogen) atoms. The van der Waals surface area contributed by atoms with E-state index < -0.39 is 15.9 Å². The van der Waals surface area contributed by atoms with E-state index in [0.717, 1.165) is 16.9 Å². The summed E-state index contributed by atoms with van der Waals surface area (Å²) in [5, 5.41) is 2.85. The lowest BCUT2D eigenvalue weighted by Gasteiger charge is -2.26. The highest BCUT2D eigenvalue weighted by Crippen LogP contribution is 2.30. The van der Waals surface area contributed by atoms with Crippen LogP contribution in [0.4, 0.5) is 5.69 Å². The quantitative estimate of drug-likeness (QED) is 0.269. The molecule has 0 radical (unpaired) electrons. The SMILES string of the molecule is COc1ccc(S(=O)(=O)N(Cc2ccccc2)c2ccccc2C(=O)NCCOc2ccccc2C)cc1. The van der Waals surface area contributed by atoms with Gasteiger partial charge in [0.25, 0.3) is 15.9 Å². The van der Waals surface area contributed by atoms with Crippen LogP contribution in [0.3, 0.4) is 0 Å². The second-order valence-corrected chi connectivity index (χ2v) is 10.4. The molecule has 0 saturated heterocycles. The molecule has 0 aliphatic rings. The number of nitrogens with zero attached hydrogens (tertiary/aromatic N) is 1. The summed E-state index contributed by atoms with van der Waals surface area (Å²) in [6.07, 6.45) is 0. The summed E-state index contributed by atoms with van der Waals surface area (Å²) < 4.78 is 40.0. The molecule has 1 amide bonds. The molecular weight excluding hydrogens is 500 g/mol. The van der Waals surface area contributed by atoms with Crippen LogP contribution in [-0.2, 0) is 16.6 Å². The number of para-hydroxylation sites is 2. The molecule has 0 atom stereocenters. The summed E-state index contributed by atoms with van der Waals surface area (Å²) in [7, 11) is -2.51. The van der Waals surface area contributed by atoms with Crippen LogP contribution in [0, 0.1) is 6.92 Å². The molecule has 7 nitrogen and oxygen atoms in total. The average Bonchev–Trinajstić information content (AvgIpc) is 2.95. The molecule has 0 spiro atoms. The molecule has 4 aromatic rings. The first-order valence-electron chi connectivity index (χ1n) is 12.2. The molecule has 196 valence electrons. The van der Waals surface area contributed by atoms with Gasteiger partial charge in [0.15, 0.2) is 0 Å². The molecule has 0 aliphatic heterocycles. The number of amides is 1. The van der Waals surface area contributed by atoms with Crippen molar-refractivity contribution in [3.8, 4) is 11.5 Å². The number of aryl methyl sites for hydroxylation is 1. The lowest BCUT2D eigenvalue weighted by atomic mass is 10.1. The van der Waals surface area contributed by atoms with Gasteiger partial charge in [0, 0.05) is 0 Å². The van der Waals surface area contributed by atoms with E-state index in [2.05, 4.69) is 5.32 Å². The molecular formula is C30H30N2O5S.